The van der Waals surface area contributed by atoms with Gasteiger partial charge in [0, 0.05) is 0 Å². The molecule has 0 saturated heterocycles. The Balaban J connectivity index is 1.98. The molecule has 0 heterocycles. The van der Waals surface area contributed by atoms with E-state index in [1.165, 1.54) is 12.8 Å². The van der Waals surface area contributed by atoms with Crippen LogP contribution in [0.25, 0.3) is 0 Å². The van der Waals surface area contributed by atoms with Crippen LogP contribution in [0.15, 0.2) is 10.3 Å². The van der Waals surface area contributed by atoms with E-state index in [2.05, 4.69) is 10.3 Å². The monoisotopic (exact) mass is 99.1 g/mol. The molecule has 0 bridgehead atoms. The van der Waals surface area contributed by atoms with Crippen LogP contribution < -0.4 is 5.84 Å². The second-order valence-corrected chi connectivity index (χ2v) is 1.88. The summed E-state index contributed by atoms with van der Waals surface area (Å²) in [4.78, 5) is 0. The largest absolute Gasteiger partial charge is 0.305 e. The summed E-state index contributed by atoms with van der Waals surface area (Å²) in [6, 6.07) is 0. The van der Waals surface area contributed by atoms with Crippen LogP contribution >= 0.6 is 0 Å². The van der Waals surface area contributed by atoms with Crippen molar-refractivity contribution in [2.45, 2.75) is 12.8 Å². The third-order valence-electron chi connectivity index (χ3n) is 1.12. The summed E-state index contributed by atoms with van der Waals surface area (Å²) in [5.74, 6) is 5.58. The van der Waals surface area contributed by atoms with Crippen LogP contribution in [-0.2, 0) is 0 Å². The van der Waals surface area contributed by atoms with E-state index >= 15 is 0 Å². The molecule has 0 radical (unpaired) electrons. The molecule has 1 fully saturated rings. The van der Waals surface area contributed by atoms with Gasteiger partial charge >= 0.3 is 0 Å². The smallest absolute Gasteiger partial charge is 0.0648 e. The van der Waals surface area contributed by atoms with Crippen LogP contribution in [0.1, 0.15) is 12.8 Å². The van der Waals surface area contributed by atoms with Gasteiger partial charge in [0.15, 0.2) is 0 Å². The predicted molar refractivity (Wildman–Crippen MR) is 26.6 cm³/mol. The van der Waals surface area contributed by atoms with Crippen molar-refractivity contribution in [1.29, 1.82) is 0 Å². The number of nitrogens with two attached hydrogens (primary N) is 1. The average molecular weight is 99.1 g/mol. The highest BCUT2D eigenvalue weighted by Gasteiger charge is 2.20. The highest BCUT2D eigenvalue weighted by atomic mass is 15.3. The molecule has 0 aliphatic heterocycles. The van der Waals surface area contributed by atoms with Crippen LogP contribution in [0, 0.1) is 5.92 Å². The summed E-state index contributed by atoms with van der Waals surface area (Å²) in [5.41, 5.74) is 0. The van der Waals surface area contributed by atoms with Gasteiger partial charge in [-0.2, -0.15) is 5.11 Å². The SMILES string of the molecule is NN=NCC1CC1. The molecule has 40 valence electrons. The first-order chi connectivity index (χ1) is 3.43. The van der Waals surface area contributed by atoms with E-state index in [-0.39, 0.29) is 0 Å². The Labute approximate surface area is 42.6 Å². The minimum Gasteiger partial charge on any atom is -0.305 e. The van der Waals surface area contributed by atoms with Crippen molar-refractivity contribution < 1.29 is 0 Å². The molecule has 0 unspecified atom stereocenters. The van der Waals surface area contributed by atoms with Crippen molar-refractivity contribution in [3.63, 3.8) is 0 Å². The molecule has 0 aromatic heterocycles. The molecule has 1 aliphatic rings. The first kappa shape index (κ1) is 4.56. The van der Waals surface area contributed by atoms with Crippen LogP contribution in [0.4, 0.5) is 0 Å². The predicted octanol–water partition coefficient (Wildman–Crippen LogP) is 0.722. The van der Waals surface area contributed by atoms with Crippen molar-refractivity contribution >= 4 is 0 Å². The van der Waals surface area contributed by atoms with Gasteiger partial charge in [-0.25, -0.2) is 0 Å². The van der Waals surface area contributed by atoms with Crippen molar-refractivity contribution in [3.8, 4) is 0 Å². The summed E-state index contributed by atoms with van der Waals surface area (Å²) >= 11 is 0. The number of rotatable bonds is 2. The molecule has 2 N–H and O–H groups in total. The summed E-state index contributed by atoms with van der Waals surface area (Å²) in [6.45, 7) is 0.844. The Morgan fingerprint density at radius 3 is 2.71 bits per heavy atom. The average Bonchev–Trinajstić information content (AvgIpc) is 2.42. The highest BCUT2D eigenvalue weighted by molar-refractivity contribution is 4.73. The second kappa shape index (κ2) is 1.91. The molecule has 7 heavy (non-hydrogen) atoms. The van der Waals surface area contributed by atoms with E-state index < -0.39 is 0 Å². The Morgan fingerprint density at radius 1 is 1.57 bits per heavy atom. The fourth-order valence-corrected chi connectivity index (χ4v) is 0.463. The number of hydrogen-bond acceptors (Lipinski definition) is 2. The summed E-state index contributed by atoms with van der Waals surface area (Å²) in [6.07, 6.45) is 2.64. The van der Waals surface area contributed by atoms with Gasteiger partial charge in [-0.05, 0) is 18.8 Å². The maximum atomic E-state index is 4.76. The van der Waals surface area contributed by atoms with Gasteiger partial charge in [0.05, 0.1) is 6.54 Å². The van der Waals surface area contributed by atoms with E-state index in [9.17, 15) is 0 Å². The van der Waals surface area contributed by atoms with E-state index in [0.29, 0.717) is 0 Å². The van der Waals surface area contributed by atoms with E-state index in [1.807, 2.05) is 0 Å². The van der Waals surface area contributed by atoms with Gasteiger partial charge < -0.3 is 5.84 Å². The molecular formula is C4H9N3. The topological polar surface area (TPSA) is 50.7 Å². The van der Waals surface area contributed by atoms with E-state index in [1.54, 1.807) is 0 Å². The van der Waals surface area contributed by atoms with Gasteiger partial charge in [0.1, 0.15) is 0 Å². The quantitative estimate of drug-likeness (QED) is 0.309. The van der Waals surface area contributed by atoms with Gasteiger partial charge in [0.25, 0.3) is 0 Å². The Hall–Kier alpha value is -0.600. The van der Waals surface area contributed by atoms with Crippen LogP contribution in [0.3, 0.4) is 0 Å². The molecule has 1 rings (SSSR count). The molecule has 0 atom stereocenters. The lowest BCUT2D eigenvalue weighted by Crippen LogP contribution is -1.82. The van der Waals surface area contributed by atoms with Gasteiger partial charge in [-0.1, -0.05) is 5.22 Å². The van der Waals surface area contributed by atoms with E-state index in [4.69, 9.17) is 5.84 Å². The van der Waals surface area contributed by atoms with Crippen LogP contribution in [0.5, 0.6) is 0 Å². The lowest BCUT2D eigenvalue weighted by atomic mass is 10.4. The Bertz CT molecular complexity index is 75.0. The third-order valence-corrected chi connectivity index (χ3v) is 1.12. The molecule has 0 aromatic rings. The zero-order valence-corrected chi connectivity index (χ0v) is 4.17. The summed E-state index contributed by atoms with van der Waals surface area (Å²) in [7, 11) is 0. The van der Waals surface area contributed by atoms with Gasteiger partial charge in [-0.3, -0.25) is 0 Å². The summed E-state index contributed by atoms with van der Waals surface area (Å²) < 4.78 is 0. The molecule has 1 saturated carbocycles. The van der Waals surface area contributed by atoms with Crippen molar-refractivity contribution in [1.82, 2.24) is 0 Å². The van der Waals surface area contributed by atoms with Crippen LogP contribution in [-0.4, -0.2) is 6.54 Å². The second-order valence-electron chi connectivity index (χ2n) is 1.88. The first-order valence-electron chi connectivity index (χ1n) is 2.50. The third kappa shape index (κ3) is 1.52. The molecule has 0 amide bonds. The standard InChI is InChI=1S/C4H9N3/c5-7-6-3-4-1-2-4/h4H,1-3H2,(H2,5,6). The maximum Gasteiger partial charge on any atom is 0.0648 e. The van der Waals surface area contributed by atoms with Gasteiger partial charge in [-0.15, -0.1) is 0 Å². The zero-order valence-electron chi connectivity index (χ0n) is 4.17. The van der Waals surface area contributed by atoms with Crippen molar-refractivity contribution in [3.05, 3.63) is 0 Å². The number of hydrogen-bond donors (Lipinski definition) is 1. The zero-order chi connectivity index (χ0) is 5.11. The van der Waals surface area contributed by atoms with E-state index in [0.717, 1.165) is 12.5 Å². The lowest BCUT2D eigenvalue weighted by molar-refractivity contribution is 0.781. The van der Waals surface area contributed by atoms with Gasteiger partial charge in [0.2, 0.25) is 0 Å². The van der Waals surface area contributed by atoms with Crippen LogP contribution in [0.2, 0.25) is 0 Å². The minimum atomic E-state index is 0.812. The minimum absolute atomic E-state index is 0.812. The highest BCUT2D eigenvalue weighted by Crippen LogP contribution is 2.28. The molecule has 0 spiro atoms. The van der Waals surface area contributed by atoms with Crippen molar-refractivity contribution in [2.24, 2.45) is 22.1 Å². The normalized spacial score (nSPS) is 21.1. The summed E-state index contributed by atoms with van der Waals surface area (Å²) in [5, 5.41) is 6.78. The fourth-order valence-electron chi connectivity index (χ4n) is 0.463. The first-order valence-corrected chi connectivity index (χ1v) is 2.50. The molecule has 3 nitrogen and oxygen atoms in total. The lowest BCUT2D eigenvalue weighted by Gasteiger charge is -1.79. The Morgan fingerprint density at radius 2 is 2.29 bits per heavy atom. The molecule has 0 aromatic carbocycles. The molecular weight excluding hydrogens is 90.1 g/mol. The number of nitrogens with zero attached hydrogens (tertiary/aromatic N) is 2. The Kier molecular flexibility index (Phi) is 1.24. The fraction of sp³-hybridized carbons (Fsp3) is 1.00. The van der Waals surface area contributed by atoms with Crippen molar-refractivity contribution in [2.75, 3.05) is 6.54 Å². The molecule has 3 heteroatoms. The molecule has 1 aliphatic carbocycles. The maximum absolute atomic E-state index is 4.76.